The molecular formula is C15H23N. The fourth-order valence-corrected chi connectivity index (χ4v) is 3.03. The molecule has 1 atom stereocenters. The zero-order valence-electron chi connectivity index (χ0n) is 10.3. The van der Waals surface area contributed by atoms with E-state index in [1.807, 2.05) is 0 Å². The van der Waals surface area contributed by atoms with Crippen LogP contribution in [0.4, 0.5) is 0 Å². The predicted molar refractivity (Wildman–Crippen MR) is 69.3 cm³/mol. The van der Waals surface area contributed by atoms with E-state index in [2.05, 4.69) is 37.3 Å². The summed E-state index contributed by atoms with van der Waals surface area (Å²) < 4.78 is 0. The average molecular weight is 217 g/mol. The maximum absolute atomic E-state index is 6.63. The van der Waals surface area contributed by atoms with Gasteiger partial charge in [-0.05, 0) is 37.2 Å². The number of rotatable bonds is 4. The Morgan fingerprint density at radius 2 is 1.81 bits per heavy atom. The highest BCUT2D eigenvalue weighted by molar-refractivity contribution is 5.18. The van der Waals surface area contributed by atoms with Crippen molar-refractivity contribution in [3.8, 4) is 0 Å². The molecule has 0 saturated heterocycles. The van der Waals surface area contributed by atoms with E-state index >= 15 is 0 Å². The molecule has 0 aliphatic heterocycles. The maximum Gasteiger partial charge on any atom is 0.0221 e. The lowest BCUT2D eigenvalue weighted by Crippen LogP contribution is -2.47. The molecule has 1 saturated carbocycles. The molecule has 2 N–H and O–H groups in total. The van der Waals surface area contributed by atoms with E-state index in [0.717, 1.165) is 18.8 Å². The third kappa shape index (κ3) is 2.46. The molecule has 0 heterocycles. The monoisotopic (exact) mass is 217 g/mol. The second kappa shape index (κ2) is 5.01. The Balaban J connectivity index is 2.09. The summed E-state index contributed by atoms with van der Waals surface area (Å²) in [6, 6.07) is 10.7. The molecule has 2 rings (SSSR count). The van der Waals surface area contributed by atoms with Crippen molar-refractivity contribution in [3.05, 3.63) is 35.9 Å². The van der Waals surface area contributed by atoms with Crippen LogP contribution in [0.15, 0.2) is 30.3 Å². The summed E-state index contributed by atoms with van der Waals surface area (Å²) in [4.78, 5) is 0. The van der Waals surface area contributed by atoms with Crippen LogP contribution < -0.4 is 5.73 Å². The van der Waals surface area contributed by atoms with E-state index in [9.17, 15) is 0 Å². The molecule has 1 heteroatoms. The van der Waals surface area contributed by atoms with Gasteiger partial charge in [-0.2, -0.15) is 0 Å². The molecule has 1 aromatic rings. The summed E-state index contributed by atoms with van der Waals surface area (Å²) in [6.45, 7) is 2.24. The summed E-state index contributed by atoms with van der Waals surface area (Å²) >= 11 is 0. The molecular weight excluding hydrogens is 194 g/mol. The minimum absolute atomic E-state index is 0.0256. The predicted octanol–water partition coefficient (Wildman–Crippen LogP) is 3.53. The van der Waals surface area contributed by atoms with Gasteiger partial charge in [0.15, 0.2) is 0 Å². The molecule has 16 heavy (non-hydrogen) atoms. The lowest BCUT2D eigenvalue weighted by atomic mass is 9.77. The quantitative estimate of drug-likeness (QED) is 0.820. The summed E-state index contributed by atoms with van der Waals surface area (Å²) in [5.41, 5.74) is 8.05. The molecule has 88 valence electrons. The topological polar surface area (TPSA) is 26.0 Å². The number of hydrogen-bond acceptors (Lipinski definition) is 1. The zero-order chi connectivity index (χ0) is 11.4. The Morgan fingerprint density at radius 1 is 1.19 bits per heavy atom. The Labute approximate surface area is 99.0 Å². The van der Waals surface area contributed by atoms with Crippen molar-refractivity contribution in [2.45, 2.75) is 51.0 Å². The minimum Gasteiger partial charge on any atom is -0.325 e. The largest absolute Gasteiger partial charge is 0.325 e. The van der Waals surface area contributed by atoms with Crippen molar-refractivity contribution < 1.29 is 0 Å². The molecule has 0 bridgehead atoms. The lowest BCUT2D eigenvalue weighted by Gasteiger charge is -2.35. The Hall–Kier alpha value is -0.820. The summed E-state index contributed by atoms with van der Waals surface area (Å²) in [5.74, 6) is 0.734. The van der Waals surface area contributed by atoms with Crippen LogP contribution in [0.5, 0.6) is 0 Å². The lowest BCUT2D eigenvalue weighted by molar-refractivity contribution is 0.262. The van der Waals surface area contributed by atoms with Crippen LogP contribution in [-0.2, 0) is 6.42 Å². The average Bonchev–Trinajstić information content (AvgIpc) is 2.84. The molecule has 0 radical (unpaired) electrons. The third-order valence-electron chi connectivity index (χ3n) is 4.20. The highest BCUT2D eigenvalue weighted by Crippen LogP contribution is 2.36. The molecule has 1 unspecified atom stereocenters. The number of nitrogens with two attached hydrogens (primary N) is 1. The van der Waals surface area contributed by atoms with Gasteiger partial charge in [0.1, 0.15) is 0 Å². The van der Waals surface area contributed by atoms with Crippen molar-refractivity contribution >= 4 is 0 Å². The van der Waals surface area contributed by atoms with E-state index in [-0.39, 0.29) is 5.54 Å². The van der Waals surface area contributed by atoms with Gasteiger partial charge in [0.25, 0.3) is 0 Å². The van der Waals surface area contributed by atoms with Crippen LogP contribution in [0, 0.1) is 5.92 Å². The van der Waals surface area contributed by atoms with Crippen LogP contribution in [0.2, 0.25) is 0 Å². The standard InChI is InChI=1S/C15H23N/c1-2-15(16,14-10-6-7-11-14)12-13-8-4-3-5-9-13/h3-5,8-9,14H,2,6-7,10-12,16H2,1H3. The summed E-state index contributed by atoms with van der Waals surface area (Å²) in [7, 11) is 0. The summed E-state index contributed by atoms with van der Waals surface area (Å²) in [6.07, 6.45) is 7.53. The molecule has 0 amide bonds. The van der Waals surface area contributed by atoms with Crippen LogP contribution in [-0.4, -0.2) is 5.54 Å². The fourth-order valence-electron chi connectivity index (χ4n) is 3.03. The maximum atomic E-state index is 6.63. The van der Waals surface area contributed by atoms with Gasteiger partial charge >= 0.3 is 0 Å². The van der Waals surface area contributed by atoms with E-state index in [4.69, 9.17) is 5.73 Å². The van der Waals surface area contributed by atoms with E-state index in [1.54, 1.807) is 0 Å². The van der Waals surface area contributed by atoms with Crippen molar-refractivity contribution in [2.24, 2.45) is 11.7 Å². The molecule has 1 nitrogen and oxygen atoms in total. The van der Waals surface area contributed by atoms with Gasteiger partial charge in [-0.3, -0.25) is 0 Å². The normalized spacial score (nSPS) is 20.9. The summed E-state index contributed by atoms with van der Waals surface area (Å²) in [5, 5.41) is 0. The van der Waals surface area contributed by atoms with Crippen molar-refractivity contribution in [1.82, 2.24) is 0 Å². The van der Waals surface area contributed by atoms with Crippen LogP contribution >= 0.6 is 0 Å². The zero-order valence-corrected chi connectivity index (χ0v) is 10.3. The van der Waals surface area contributed by atoms with Gasteiger partial charge in [0.2, 0.25) is 0 Å². The van der Waals surface area contributed by atoms with Crippen molar-refractivity contribution in [1.29, 1.82) is 0 Å². The minimum atomic E-state index is 0.0256. The Kier molecular flexibility index (Phi) is 3.65. The van der Waals surface area contributed by atoms with Gasteiger partial charge in [-0.25, -0.2) is 0 Å². The van der Waals surface area contributed by atoms with Crippen LogP contribution in [0.3, 0.4) is 0 Å². The number of benzene rings is 1. The highest BCUT2D eigenvalue weighted by atomic mass is 14.8. The Morgan fingerprint density at radius 3 is 2.38 bits per heavy atom. The van der Waals surface area contributed by atoms with Crippen molar-refractivity contribution in [3.63, 3.8) is 0 Å². The van der Waals surface area contributed by atoms with Gasteiger partial charge in [-0.15, -0.1) is 0 Å². The molecule has 1 fully saturated rings. The first-order valence-corrected chi connectivity index (χ1v) is 6.57. The molecule has 1 aliphatic carbocycles. The molecule has 1 aliphatic rings. The van der Waals surface area contributed by atoms with Gasteiger partial charge in [-0.1, -0.05) is 50.1 Å². The Bertz CT molecular complexity index is 313. The molecule has 0 aromatic heterocycles. The molecule has 1 aromatic carbocycles. The second-order valence-electron chi connectivity index (χ2n) is 5.23. The number of hydrogen-bond donors (Lipinski definition) is 1. The van der Waals surface area contributed by atoms with Gasteiger partial charge in [0.05, 0.1) is 0 Å². The van der Waals surface area contributed by atoms with E-state index in [1.165, 1.54) is 31.2 Å². The third-order valence-corrected chi connectivity index (χ3v) is 4.20. The van der Waals surface area contributed by atoms with Gasteiger partial charge in [0, 0.05) is 5.54 Å². The van der Waals surface area contributed by atoms with E-state index < -0.39 is 0 Å². The first kappa shape index (κ1) is 11.7. The second-order valence-corrected chi connectivity index (χ2v) is 5.23. The molecule has 0 spiro atoms. The van der Waals surface area contributed by atoms with Crippen molar-refractivity contribution in [2.75, 3.05) is 0 Å². The van der Waals surface area contributed by atoms with Crippen LogP contribution in [0.1, 0.15) is 44.6 Å². The first-order chi connectivity index (χ1) is 7.74. The SMILES string of the molecule is CCC(N)(Cc1ccccc1)C1CCCC1. The fraction of sp³-hybridized carbons (Fsp3) is 0.600. The first-order valence-electron chi connectivity index (χ1n) is 6.57. The van der Waals surface area contributed by atoms with Crippen LogP contribution in [0.25, 0.3) is 0 Å². The van der Waals surface area contributed by atoms with Gasteiger partial charge < -0.3 is 5.73 Å². The highest BCUT2D eigenvalue weighted by Gasteiger charge is 2.34. The van der Waals surface area contributed by atoms with E-state index in [0.29, 0.717) is 0 Å². The smallest absolute Gasteiger partial charge is 0.0221 e.